The second kappa shape index (κ2) is 3.59. The Kier molecular flexibility index (Phi) is 2.29. The lowest BCUT2D eigenvalue weighted by Crippen LogP contribution is -2.28. The minimum absolute atomic E-state index is 0.182. The maximum Gasteiger partial charge on any atom is 0.158 e. The van der Waals surface area contributed by atoms with Gasteiger partial charge in [0.25, 0.3) is 0 Å². The molecule has 2 aliphatic rings. The lowest BCUT2D eigenvalue weighted by atomic mass is 9.67. The average molecular weight is 230 g/mol. The fraction of sp³-hybridized carbons (Fsp3) is 0.533. The number of hydrogen-bond donors (Lipinski definition) is 0. The highest BCUT2D eigenvalue weighted by Gasteiger charge is 2.47. The summed E-state index contributed by atoms with van der Waals surface area (Å²) in [5, 5.41) is 0. The molecule has 90 valence electrons. The van der Waals surface area contributed by atoms with Crippen molar-refractivity contribution in [3.05, 3.63) is 35.3 Å². The van der Waals surface area contributed by atoms with Crippen LogP contribution < -0.4 is 0 Å². The molecule has 17 heavy (non-hydrogen) atoms. The van der Waals surface area contributed by atoms with E-state index in [2.05, 4.69) is 13.0 Å². The number of Topliss-reactive ketones (excluding diaryl/α,β-unsaturated/α-hetero) is 1. The van der Waals surface area contributed by atoms with E-state index < -0.39 is 0 Å². The fourth-order valence-electron chi connectivity index (χ4n) is 3.78. The first-order chi connectivity index (χ1) is 8.13. The van der Waals surface area contributed by atoms with Crippen molar-refractivity contribution >= 4 is 5.78 Å². The number of furan rings is 1. The number of rotatable bonds is 1. The highest BCUT2D eigenvalue weighted by molar-refractivity contribution is 5.97. The van der Waals surface area contributed by atoms with Crippen molar-refractivity contribution in [2.75, 3.05) is 0 Å². The first kappa shape index (κ1) is 10.8. The highest BCUT2D eigenvalue weighted by atomic mass is 16.3. The summed E-state index contributed by atoms with van der Waals surface area (Å²) in [7, 11) is 0. The van der Waals surface area contributed by atoms with Gasteiger partial charge in [0.15, 0.2) is 5.78 Å². The zero-order valence-corrected chi connectivity index (χ0v) is 10.5. The van der Waals surface area contributed by atoms with Gasteiger partial charge in [-0.3, -0.25) is 4.79 Å². The summed E-state index contributed by atoms with van der Waals surface area (Å²) in [5.74, 6) is 0.879. The number of carbonyl (C=O) groups excluding carboxylic acids is 1. The molecule has 1 aromatic heterocycles. The van der Waals surface area contributed by atoms with Crippen LogP contribution in [0.3, 0.4) is 0 Å². The molecule has 0 unspecified atom stereocenters. The number of fused-ring (bicyclic) bond motifs is 1. The molecule has 1 heterocycles. The topological polar surface area (TPSA) is 30.2 Å². The van der Waals surface area contributed by atoms with Crippen LogP contribution in [0.5, 0.6) is 0 Å². The van der Waals surface area contributed by atoms with Crippen LogP contribution >= 0.6 is 0 Å². The van der Waals surface area contributed by atoms with Crippen molar-refractivity contribution in [2.45, 2.75) is 45.4 Å². The van der Waals surface area contributed by atoms with E-state index in [-0.39, 0.29) is 5.41 Å². The molecule has 3 rings (SSSR count). The molecule has 0 amide bonds. The Bertz CT molecular complexity index is 481. The van der Waals surface area contributed by atoms with E-state index in [1.807, 2.05) is 13.2 Å². The number of carbonyl (C=O) groups is 1. The van der Waals surface area contributed by atoms with Gasteiger partial charge in [-0.15, -0.1) is 0 Å². The molecule has 0 radical (unpaired) electrons. The minimum atomic E-state index is 0.182. The van der Waals surface area contributed by atoms with Crippen molar-refractivity contribution < 1.29 is 9.21 Å². The van der Waals surface area contributed by atoms with E-state index in [9.17, 15) is 4.79 Å². The van der Waals surface area contributed by atoms with Crippen LogP contribution in [0.15, 0.2) is 34.2 Å². The monoisotopic (exact) mass is 230 g/mol. The maximum absolute atomic E-state index is 11.8. The van der Waals surface area contributed by atoms with E-state index in [0.717, 1.165) is 24.8 Å². The Balaban J connectivity index is 2.06. The van der Waals surface area contributed by atoms with Gasteiger partial charge in [-0.25, -0.2) is 0 Å². The summed E-state index contributed by atoms with van der Waals surface area (Å²) >= 11 is 0. The first-order valence-electron chi connectivity index (χ1n) is 6.38. The van der Waals surface area contributed by atoms with E-state index in [0.29, 0.717) is 18.1 Å². The first-order valence-corrected chi connectivity index (χ1v) is 6.38. The molecule has 0 saturated heterocycles. The lowest BCUT2D eigenvalue weighted by molar-refractivity contribution is -0.116. The molecule has 0 bridgehead atoms. The standard InChI is InChI=1S/C15H18O2/c1-10-12-3-4-13(11-6-8-17-9-11)15(12,2)7-5-14(10)16/h6,8-9,13H,3-5,7H2,1-2H3/t13-,15-/m1/s1. The Morgan fingerprint density at radius 2 is 2.24 bits per heavy atom. The largest absolute Gasteiger partial charge is 0.472 e. The summed E-state index contributed by atoms with van der Waals surface area (Å²) in [6.07, 6.45) is 7.54. The van der Waals surface area contributed by atoms with Crippen LogP contribution in [-0.2, 0) is 4.79 Å². The van der Waals surface area contributed by atoms with Crippen LogP contribution in [0, 0.1) is 5.41 Å². The second-order valence-corrected chi connectivity index (χ2v) is 5.59. The van der Waals surface area contributed by atoms with Gasteiger partial charge in [-0.2, -0.15) is 0 Å². The minimum Gasteiger partial charge on any atom is -0.472 e. The molecular weight excluding hydrogens is 212 g/mol. The van der Waals surface area contributed by atoms with Gasteiger partial charge >= 0.3 is 0 Å². The van der Waals surface area contributed by atoms with E-state index in [1.165, 1.54) is 11.1 Å². The van der Waals surface area contributed by atoms with Crippen molar-refractivity contribution in [3.8, 4) is 0 Å². The van der Waals surface area contributed by atoms with Crippen molar-refractivity contribution in [1.82, 2.24) is 0 Å². The molecule has 0 aromatic carbocycles. The normalized spacial score (nSPS) is 33.1. The van der Waals surface area contributed by atoms with E-state index in [1.54, 1.807) is 6.26 Å². The molecule has 0 spiro atoms. The predicted octanol–water partition coefficient (Wildman–Crippen LogP) is 3.84. The zero-order chi connectivity index (χ0) is 12.0. The van der Waals surface area contributed by atoms with Crippen molar-refractivity contribution in [1.29, 1.82) is 0 Å². The molecule has 0 aliphatic heterocycles. The van der Waals surface area contributed by atoms with Crippen molar-refractivity contribution in [2.24, 2.45) is 5.41 Å². The quantitative estimate of drug-likeness (QED) is 0.733. The third kappa shape index (κ3) is 1.43. The van der Waals surface area contributed by atoms with E-state index >= 15 is 0 Å². The smallest absolute Gasteiger partial charge is 0.158 e. The molecular formula is C15H18O2. The lowest BCUT2D eigenvalue weighted by Gasteiger charge is -2.36. The molecule has 1 fully saturated rings. The summed E-state index contributed by atoms with van der Waals surface area (Å²) in [4.78, 5) is 11.8. The summed E-state index contributed by atoms with van der Waals surface area (Å²) < 4.78 is 5.22. The van der Waals surface area contributed by atoms with Gasteiger partial charge in [-0.05, 0) is 54.7 Å². The third-order valence-corrected chi connectivity index (χ3v) is 4.83. The molecule has 2 nitrogen and oxygen atoms in total. The molecule has 1 aromatic rings. The van der Waals surface area contributed by atoms with Gasteiger partial charge in [0.1, 0.15) is 0 Å². The number of hydrogen-bond acceptors (Lipinski definition) is 2. The molecule has 0 N–H and O–H groups in total. The van der Waals surface area contributed by atoms with Gasteiger partial charge in [0.05, 0.1) is 12.5 Å². The van der Waals surface area contributed by atoms with E-state index in [4.69, 9.17) is 4.42 Å². The SMILES string of the molecule is CC1=C2CC[C@H](c3ccoc3)[C@]2(C)CCC1=O. The molecule has 1 saturated carbocycles. The van der Waals surface area contributed by atoms with Gasteiger partial charge in [0, 0.05) is 6.42 Å². The number of ketones is 1. The van der Waals surface area contributed by atoms with Crippen LogP contribution in [0.25, 0.3) is 0 Å². The predicted molar refractivity (Wildman–Crippen MR) is 65.7 cm³/mol. The Morgan fingerprint density at radius 3 is 2.94 bits per heavy atom. The zero-order valence-electron chi connectivity index (χ0n) is 10.5. The number of allylic oxidation sites excluding steroid dienone is 2. The van der Waals surface area contributed by atoms with Gasteiger partial charge in [-0.1, -0.05) is 12.5 Å². The van der Waals surface area contributed by atoms with Crippen LogP contribution in [0.1, 0.15) is 51.0 Å². The Morgan fingerprint density at radius 1 is 1.41 bits per heavy atom. The Hall–Kier alpha value is -1.31. The van der Waals surface area contributed by atoms with Crippen LogP contribution in [0.4, 0.5) is 0 Å². The Labute approximate surface area is 102 Å². The summed E-state index contributed by atoms with van der Waals surface area (Å²) in [6, 6.07) is 2.07. The van der Waals surface area contributed by atoms with Crippen LogP contribution in [0.2, 0.25) is 0 Å². The molecule has 2 aliphatic carbocycles. The van der Waals surface area contributed by atoms with Crippen LogP contribution in [-0.4, -0.2) is 5.78 Å². The van der Waals surface area contributed by atoms with Gasteiger partial charge in [0.2, 0.25) is 0 Å². The average Bonchev–Trinajstić information content (AvgIpc) is 2.91. The highest BCUT2D eigenvalue weighted by Crippen LogP contribution is 2.58. The molecule has 2 atom stereocenters. The molecule has 2 heteroatoms. The second-order valence-electron chi connectivity index (χ2n) is 5.59. The van der Waals surface area contributed by atoms with Gasteiger partial charge < -0.3 is 4.42 Å². The third-order valence-electron chi connectivity index (χ3n) is 4.83. The summed E-state index contributed by atoms with van der Waals surface area (Å²) in [5.41, 5.74) is 3.91. The summed E-state index contributed by atoms with van der Waals surface area (Å²) in [6.45, 7) is 4.33. The fourth-order valence-corrected chi connectivity index (χ4v) is 3.78. The van der Waals surface area contributed by atoms with Crippen molar-refractivity contribution in [3.63, 3.8) is 0 Å². The maximum atomic E-state index is 11.8.